The van der Waals surface area contributed by atoms with Gasteiger partial charge in [0, 0.05) is 18.8 Å². The molecule has 2 aromatic rings. The Balaban J connectivity index is 2.19. The number of aromatic nitrogens is 1. The summed E-state index contributed by atoms with van der Waals surface area (Å²) >= 11 is 12.0. The molecular weight excluding hydrogens is 257 g/mol. The Morgan fingerprint density at radius 3 is 2.71 bits per heavy atom. The summed E-state index contributed by atoms with van der Waals surface area (Å²) < 4.78 is 0. The van der Waals surface area contributed by atoms with Crippen LogP contribution in [0.25, 0.3) is 0 Å². The largest absolute Gasteiger partial charge is 0.388 e. The maximum absolute atomic E-state index is 10.0. The average Bonchev–Trinajstić information content (AvgIpc) is 2.36. The molecule has 0 aliphatic rings. The first-order valence-corrected chi connectivity index (χ1v) is 5.95. The molecule has 1 N–H and O–H groups in total. The van der Waals surface area contributed by atoms with Crippen molar-refractivity contribution in [1.29, 1.82) is 0 Å². The summed E-state index contributed by atoms with van der Waals surface area (Å²) in [7, 11) is 0. The molecule has 0 saturated carbocycles. The number of pyridine rings is 1. The molecule has 0 aliphatic heterocycles. The van der Waals surface area contributed by atoms with E-state index in [0.717, 1.165) is 11.1 Å². The predicted octanol–water partition coefficient (Wildman–Crippen LogP) is 3.66. The van der Waals surface area contributed by atoms with Crippen LogP contribution in [-0.2, 0) is 6.42 Å². The lowest BCUT2D eigenvalue weighted by Gasteiger charge is -2.12. The van der Waals surface area contributed by atoms with Gasteiger partial charge in [0.1, 0.15) is 0 Å². The van der Waals surface area contributed by atoms with Crippen molar-refractivity contribution in [2.75, 3.05) is 0 Å². The first-order chi connectivity index (χ1) is 8.18. The van der Waals surface area contributed by atoms with E-state index in [4.69, 9.17) is 23.2 Å². The number of benzene rings is 1. The van der Waals surface area contributed by atoms with Crippen molar-refractivity contribution in [2.45, 2.75) is 12.5 Å². The average molecular weight is 268 g/mol. The zero-order valence-corrected chi connectivity index (χ0v) is 10.5. The van der Waals surface area contributed by atoms with Crippen LogP contribution in [0.3, 0.4) is 0 Å². The molecule has 0 bridgehead atoms. The first-order valence-electron chi connectivity index (χ1n) is 5.19. The number of aliphatic hydroxyl groups is 1. The standard InChI is InChI=1S/C13H11Cl2NO/c14-11-5-1-3-9(13(11)15)7-12(17)10-4-2-6-16-8-10/h1-6,8,12,17H,7H2. The van der Waals surface area contributed by atoms with Gasteiger partial charge in [0.25, 0.3) is 0 Å². The van der Waals surface area contributed by atoms with Crippen LogP contribution in [-0.4, -0.2) is 10.1 Å². The van der Waals surface area contributed by atoms with Gasteiger partial charge < -0.3 is 5.11 Å². The Bertz CT molecular complexity index is 502. The van der Waals surface area contributed by atoms with Gasteiger partial charge in [0.15, 0.2) is 0 Å². The van der Waals surface area contributed by atoms with Gasteiger partial charge in [-0.25, -0.2) is 0 Å². The monoisotopic (exact) mass is 267 g/mol. The Kier molecular flexibility index (Phi) is 4.00. The maximum atomic E-state index is 10.0. The van der Waals surface area contributed by atoms with Gasteiger partial charge in [-0.1, -0.05) is 41.4 Å². The van der Waals surface area contributed by atoms with Crippen molar-refractivity contribution in [2.24, 2.45) is 0 Å². The zero-order valence-electron chi connectivity index (χ0n) is 8.98. The Labute approximate surface area is 110 Å². The number of aliphatic hydroxyl groups excluding tert-OH is 1. The Morgan fingerprint density at radius 2 is 2.00 bits per heavy atom. The van der Waals surface area contributed by atoms with E-state index in [9.17, 15) is 5.11 Å². The molecule has 1 atom stereocenters. The number of nitrogens with zero attached hydrogens (tertiary/aromatic N) is 1. The van der Waals surface area contributed by atoms with Crippen molar-refractivity contribution in [3.05, 3.63) is 63.9 Å². The molecule has 88 valence electrons. The molecule has 0 radical (unpaired) electrons. The molecule has 0 aliphatic carbocycles. The number of hydrogen-bond acceptors (Lipinski definition) is 2. The third kappa shape index (κ3) is 2.97. The van der Waals surface area contributed by atoms with Crippen LogP contribution in [0.2, 0.25) is 10.0 Å². The van der Waals surface area contributed by atoms with Gasteiger partial charge in [-0.2, -0.15) is 0 Å². The van der Waals surface area contributed by atoms with Gasteiger partial charge in [0.05, 0.1) is 16.1 Å². The molecule has 1 unspecified atom stereocenters. The minimum absolute atomic E-state index is 0.422. The van der Waals surface area contributed by atoms with Crippen LogP contribution in [0.4, 0.5) is 0 Å². The van der Waals surface area contributed by atoms with E-state index in [1.807, 2.05) is 18.2 Å². The fraction of sp³-hybridized carbons (Fsp3) is 0.154. The highest BCUT2D eigenvalue weighted by Gasteiger charge is 2.12. The molecule has 2 nitrogen and oxygen atoms in total. The number of halogens is 2. The molecule has 0 fully saturated rings. The fourth-order valence-corrected chi connectivity index (χ4v) is 2.00. The van der Waals surface area contributed by atoms with Gasteiger partial charge in [0.2, 0.25) is 0 Å². The lowest BCUT2D eigenvalue weighted by molar-refractivity contribution is 0.178. The SMILES string of the molecule is OC(Cc1cccc(Cl)c1Cl)c1cccnc1. The maximum Gasteiger partial charge on any atom is 0.0845 e. The van der Waals surface area contributed by atoms with E-state index in [0.29, 0.717) is 16.5 Å². The molecule has 0 amide bonds. The number of rotatable bonds is 3. The lowest BCUT2D eigenvalue weighted by Crippen LogP contribution is -2.02. The van der Waals surface area contributed by atoms with Crippen LogP contribution in [0.15, 0.2) is 42.7 Å². The van der Waals surface area contributed by atoms with E-state index < -0.39 is 6.10 Å². The molecular formula is C13H11Cl2NO. The summed E-state index contributed by atoms with van der Waals surface area (Å²) in [6.07, 6.45) is 3.11. The minimum atomic E-state index is -0.625. The van der Waals surface area contributed by atoms with Crippen LogP contribution in [0, 0.1) is 0 Å². The second-order valence-electron chi connectivity index (χ2n) is 3.72. The van der Waals surface area contributed by atoms with Crippen molar-refractivity contribution in [3.8, 4) is 0 Å². The summed E-state index contributed by atoms with van der Waals surface area (Å²) in [5, 5.41) is 11.0. The number of hydrogen-bond donors (Lipinski definition) is 1. The van der Waals surface area contributed by atoms with Gasteiger partial charge in [-0.15, -0.1) is 0 Å². The molecule has 1 aromatic heterocycles. The predicted molar refractivity (Wildman–Crippen MR) is 69.4 cm³/mol. The highest BCUT2D eigenvalue weighted by atomic mass is 35.5. The molecule has 1 aromatic carbocycles. The van der Waals surface area contributed by atoms with Gasteiger partial charge in [-0.3, -0.25) is 4.98 Å². The molecule has 4 heteroatoms. The normalized spacial score (nSPS) is 12.4. The summed E-state index contributed by atoms with van der Waals surface area (Å²) in [4.78, 5) is 3.97. The second kappa shape index (κ2) is 5.50. The summed E-state index contributed by atoms with van der Waals surface area (Å²) in [5.74, 6) is 0. The van der Waals surface area contributed by atoms with Crippen LogP contribution in [0.1, 0.15) is 17.2 Å². The van der Waals surface area contributed by atoms with Crippen molar-refractivity contribution >= 4 is 23.2 Å². The first kappa shape index (κ1) is 12.4. The van der Waals surface area contributed by atoms with E-state index in [1.54, 1.807) is 24.5 Å². The van der Waals surface area contributed by atoms with E-state index >= 15 is 0 Å². The molecule has 2 rings (SSSR count). The van der Waals surface area contributed by atoms with Crippen LogP contribution < -0.4 is 0 Å². The molecule has 17 heavy (non-hydrogen) atoms. The second-order valence-corrected chi connectivity index (χ2v) is 4.50. The van der Waals surface area contributed by atoms with E-state index in [2.05, 4.69) is 4.98 Å². The van der Waals surface area contributed by atoms with Crippen molar-refractivity contribution < 1.29 is 5.11 Å². The topological polar surface area (TPSA) is 33.1 Å². The van der Waals surface area contributed by atoms with Crippen LogP contribution >= 0.6 is 23.2 Å². The zero-order chi connectivity index (χ0) is 12.3. The Morgan fingerprint density at radius 1 is 1.18 bits per heavy atom. The van der Waals surface area contributed by atoms with Gasteiger partial charge in [-0.05, 0) is 23.3 Å². The third-order valence-corrected chi connectivity index (χ3v) is 3.37. The van der Waals surface area contributed by atoms with Crippen LogP contribution in [0.5, 0.6) is 0 Å². The quantitative estimate of drug-likeness (QED) is 0.921. The lowest BCUT2D eigenvalue weighted by atomic mass is 10.0. The minimum Gasteiger partial charge on any atom is -0.388 e. The summed E-state index contributed by atoms with van der Waals surface area (Å²) in [6.45, 7) is 0. The van der Waals surface area contributed by atoms with Gasteiger partial charge >= 0.3 is 0 Å². The third-order valence-electron chi connectivity index (χ3n) is 2.51. The van der Waals surface area contributed by atoms with E-state index in [-0.39, 0.29) is 0 Å². The van der Waals surface area contributed by atoms with Crippen molar-refractivity contribution in [1.82, 2.24) is 4.98 Å². The molecule has 0 saturated heterocycles. The smallest absolute Gasteiger partial charge is 0.0845 e. The Hall–Kier alpha value is -1.09. The molecule has 1 heterocycles. The van der Waals surface area contributed by atoms with Crippen molar-refractivity contribution in [3.63, 3.8) is 0 Å². The van der Waals surface area contributed by atoms with E-state index in [1.165, 1.54) is 0 Å². The highest BCUT2D eigenvalue weighted by Crippen LogP contribution is 2.28. The summed E-state index contributed by atoms with van der Waals surface area (Å²) in [6, 6.07) is 9.02. The highest BCUT2D eigenvalue weighted by molar-refractivity contribution is 6.42. The summed E-state index contributed by atoms with van der Waals surface area (Å²) in [5.41, 5.74) is 1.60. The molecule has 0 spiro atoms. The fourth-order valence-electron chi connectivity index (χ4n) is 1.61.